The predicted molar refractivity (Wildman–Crippen MR) is 115 cm³/mol. The molecule has 10 heteroatoms. The van der Waals surface area contributed by atoms with Crippen molar-refractivity contribution in [2.45, 2.75) is 57.3 Å². The lowest BCUT2D eigenvalue weighted by Crippen LogP contribution is -2.46. The van der Waals surface area contributed by atoms with Gasteiger partial charge in [-0.1, -0.05) is 12.8 Å². The summed E-state index contributed by atoms with van der Waals surface area (Å²) in [6, 6.07) is 0. The molecule has 0 bridgehead atoms. The summed E-state index contributed by atoms with van der Waals surface area (Å²) in [6.45, 7) is 2.79. The predicted octanol–water partition coefficient (Wildman–Crippen LogP) is 4.53. The number of aliphatic imine (C=N–C) groups is 1. The fourth-order valence-electron chi connectivity index (χ4n) is 3.69. The fraction of sp³-hybridized carbons (Fsp3) is 0.778. The lowest BCUT2D eigenvalue weighted by atomic mass is 10.1. The Hall–Kier alpha value is -0.620. The summed E-state index contributed by atoms with van der Waals surface area (Å²) in [4.78, 5) is 10.0. The van der Waals surface area contributed by atoms with Crippen LogP contribution in [0, 0.1) is 5.92 Å². The van der Waals surface area contributed by atoms with E-state index in [0.717, 1.165) is 55.2 Å². The van der Waals surface area contributed by atoms with Crippen LogP contribution in [0.4, 0.5) is 13.2 Å². The van der Waals surface area contributed by atoms with Crippen LogP contribution in [0.15, 0.2) is 10.4 Å². The molecule has 2 aliphatic rings. The van der Waals surface area contributed by atoms with E-state index < -0.39 is 11.9 Å². The molecule has 0 amide bonds. The third-order valence-electron chi connectivity index (χ3n) is 5.24. The van der Waals surface area contributed by atoms with E-state index in [1.54, 1.807) is 7.05 Å². The van der Waals surface area contributed by atoms with Gasteiger partial charge >= 0.3 is 6.18 Å². The second-order valence-corrected chi connectivity index (χ2v) is 8.14. The lowest BCUT2D eigenvalue weighted by Gasteiger charge is -2.34. The lowest BCUT2D eigenvalue weighted by molar-refractivity contribution is -0.140. The van der Waals surface area contributed by atoms with Gasteiger partial charge in [-0.05, 0) is 31.6 Å². The van der Waals surface area contributed by atoms with Gasteiger partial charge < -0.3 is 15.0 Å². The Kier molecular flexibility index (Phi) is 9.26. The number of likely N-dealkylation sites (tertiary alicyclic amines) is 1. The minimum Gasteiger partial charge on any atom is -0.378 e. The van der Waals surface area contributed by atoms with Crippen LogP contribution < -0.4 is 5.32 Å². The van der Waals surface area contributed by atoms with Crippen LogP contribution in [0.5, 0.6) is 0 Å². The molecule has 5 nitrogen and oxygen atoms in total. The van der Waals surface area contributed by atoms with Crippen LogP contribution in [0.3, 0.4) is 0 Å². The molecule has 1 aromatic rings. The Morgan fingerprint density at radius 3 is 2.54 bits per heavy atom. The van der Waals surface area contributed by atoms with Crippen molar-refractivity contribution in [2.24, 2.45) is 10.9 Å². The van der Waals surface area contributed by atoms with Crippen LogP contribution in [0.1, 0.15) is 49.2 Å². The molecule has 0 aromatic carbocycles. The smallest absolute Gasteiger partial charge is 0.378 e. The minimum absolute atomic E-state index is 0. The largest absolute Gasteiger partial charge is 0.434 e. The second kappa shape index (κ2) is 11.0. The Morgan fingerprint density at radius 2 is 1.96 bits per heavy atom. The van der Waals surface area contributed by atoms with Crippen molar-refractivity contribution < 1.29 is 17.9 Å². The number of nitrogens with one attached hydrogen (secondary N) is 1. The van der Waals surface area contributed by atoms with E-state index >= 15 is 0 Å². The van der Waals surface area contributed by atoms with E-state index in [2.05, 4.69) is 20.2 Å². The number of thiazole rings is 1. The molecule has 2 heterocycles. The maximum atomic E-state index is 12.6. The molecule has 1 saturated heterocycles. The van der Waals surface area contributed by atoms with E-state index in [1.165, 1.54) is 25.7 Å². The topological polar surface area (TPSA) is 49.8 Å². The monoisotopic (exact) mass is 532 g/mol. The normalized spacial score (nSPS) is 19.7. The molecule has 160 valence electrons. The van der Waals surface area contributed by atoms with Gasteiger partial charge in [0.05, 0.1) is 12.6 Å². The first kappa shape index (κ1) is 23.7. The van der Waals surface area contributed by atoms with Crippen LogP contribution in [0.2, 0.25) is 0 Å². The van der Waals surface area contributed by atoms with E-state index in [9.17, 15) is 13.2 Å². The van der Waals surface area contributed by atoms with Crippen molar-refractivity contribution in [3.05, 3.63) is 16.1 Å². The van der Waals surface area contributed by atoms with Crippen LogP contribution in [0.25, 0.3) is 0 Å². The third kappa shape index (κ3) is 6.72. The van der Waals surface area contributed by atoms with Gasteiger partial charge in [0.15, 0.2) is 11.7 Å². The van der Waals surface area contributed by atoms with Crippen molar-refractivity contribution in [1.29, 1.82) is 0 Å². The minimum atomic E-state index is -4.39. The molecule has 0 atom stereocenters. The molecule has 1 aliphatic heterocycles. The first-order valence-electron chi connectivity index (χ1n) is 9.54. The molecule has 1 aliphatic carbocycles. The highest BCUT2D eigenvalue weighted by molar-refractivity contribution is 14.0. The molecule has 0 radical (unpaired) electrons. The van der Waals surface area contributed by atoms with Crippen molar-refractivity contribution in [1.82, 2.24) is 15.2 Å². The van der Waals surface area contributed by atoms with E-state index in [1.807, 2.05) is 0 Å². The van der Waals surface area contributed by atoms with Crippen LogP contribution in [-0.2, 0) is 17.5 Å². The number of guanidine groups is 1. The second-order valence-electron chi connectivity index (χ2n) is 7.20. The van der Waals surface area contributed by atoms with Gasteiger partial charge in [0.2, 0.25) is 0 Å². The zero-order valence-corrected chi connectivity index (χ0v) is 19.2. The van der Waals surface area contributed by atoms with E-state index in [-0.39, 0.29) is 30.5 Å². The number of hydrogen-bond acceptors (Lipinski definition) is 4. The first-order valence-corrected chi connectivity index (χ1v) is 10.4. The van der Waals surface area contributed by atoms with Gasteiger partial charge in [-0.25, -0.2) is 4.98 Å². The van der Waals surface area contributed by atoms with E-state index in [0.29, 0.717) is 17.1 Å². The maximum absolute atomic E-state index is 12.6. The summed E-state index contributed by atoms with van der Waals surface area (Å²) in [5.74, 6) is 1.44. The summed E-state index contributed by atoms with van der Waals surface area (Å²) in [5.41, 5.74) is -0.834. The number of halogens is 4. The summed E-state index contributed by atoms with van der Waals surface area (Å²) in [6.07, 6.45) is 3.05. The Morgan fingerprint density at radius 1 is 1.29 bits per heavy atom. The van der Waals surface area contributed by atoms with Crippen molar-refractivity contribution in [2.75, 3.05) is 26.7 Å². The van der Waals surface area contributed by atoms with E-state index in [4.69, 9.17) is 4.74 Å². The molecular weight excluding hydrogens is 504 g/mol. The first-order chi connectivity index (χ1) is 13.0. The number of rotatable bonds is 5. The zero-order valence-electron chi connectivity index (χ0n) is 16.0. The third-order valence-corrected chi connectivity index (χ3v) is 6.08. The summed E-state index contributed by atoms with van der Waals surface area (Å²) >= 11 is 1.01. The molecule has 2 fully saturated rings. The average Bonchev–Trinajstić information content (AvgIpc) is 3.33. The summed E-state index contributed by atoms with van der Waals surface area (Å²) < 4.78 is 44.0. The number of nitrogens with zero attached hydrogens (tertiary/aromatic N) is 3. The van der Waals surface area contributed by atoms with Crippen LogP contribution >= 0.6 is 35.3 Å². The van der Waals surface area contributed by atoms with Gasteiger partial charge in [0.1, 0.15) is 5.01 Å². The standard InChI is InChI=1S/C18H27F3N4OS.HI/c1-22-17(23-10-16-24-15(12-27-16)18(19,20)21)25-8-6-14(7-9-25)26-11-13-4-2-3-5-13;/h12-14H,2-11H2,1H3,(H,22,23);1H. The number of hydrogen-bond donors (Lipinski definition) is 1. The van der Waals surface area contributed by atoms with Gasteiger partial charge in [0.25, 0.3) is 0 Å². The molecule has 28 heavy (non-hydrogen) atoms. The maximum Gasteiger partial charge on any atom is 0.434 e. The Bertz CT molecular complexity index is 627. The molecule has 3 rings (SSSR count). The molecule has 1 aromatic heterocycles. The number of alkyl halides is 3. The Balaban J connectivity index is 0.00000280. The van der Waals surface area contributed by atoms with Crippen molar-refractivity contribution in [3.8, 4) is 0 Å². The molecule has 0 unspecified atom stereocenters. The van der Waals surface area contributed by atoms with Crippen LogP contribution in [-0.4, -0.2) is 48.7 Å². The molecule has 1 saturated carbocycles. The highest BCUT2D eigenvalue weighted by Crippen LogP contribution is 2.30. The van der Waals surface area contributed by atoms with Crippen molar-refractivity contribution >= 4 is 41.3 Å². The number of ether oxygens (including phenoxy) is 1. The Labute approximate surface area is 185 Å². The number of aromatic nitrogens is 1. The van der Waals surface area contributed by atoms with Gasteiger partial charge in [-0.15, -0.1) is 35.3 Å². The van der Waals surface area contributed by atoms with Gasteiger partial charge in [-0.3, -0.25) is 4.99 Å². The zero-order chi connectivity index (χ0) is 19.3. The van der Waals surface area contributed by atoms with Gasteiger partial charge in [0, 0.05) is 32.1 Å². The fourth-order valence-corrected chi connectivity index (χ4v) is 4.43. The quantitative estimate of drug-likeness (QED) is 0.344. The SMILES string of the molecule is CN=C(NCc1nc(C(F)(F)F)cs1)N1CCC(OCC2CCCC2)CC1.I. The number of piperidine rings is 1. The molecule has 1 N–H and O–H groups in total. The molecule has 0 spiro atoms. The summed E-state index contributed by atoms with van der Waals surface area (Å²) in [7, 11) is 1.69. The van der Waals surface area contributed by atoms with Crippen molar-refractivity contribution in [3.63, 3.8) is 0 Å². The molecular formula is C18H28F3IN4OS. The van der Waals surface area contributed by atoms with Gasteiger partial charge in [-0.2, -0.15) is 13.2 Å². The summed E-state index contributed by atoms with van der Waals surface area (Å²) in [5, 5.41) is 4.58. The highest BCUT2D eigenvalue weighted by Gasteiger charge is 2.33. The highest BCUT2D eigenvalue weighted by atomic mass is 127. The average molecular weight is 532 g/mol.